The second-order valence-corrected chi connectivity index (χ2v) is 6.16. The Hall–Kier alpha value is -2.70. The zero-order valence-corrected chi connectivity index (χ0v) is 14.6. The number of benzene rings is 1. The fourth-order valence-corrected chi connectivity index (χ4v) is 3.16. The number of anilines is 2. The van der Waals surface area contributed by atoms with Crippen LogP contribution in [0, 0.1) is 0 Å². The van der Waals surface area contributed by atoms with Crippen molar-refractivity contribution >= 4 is 45.9 Å². The van der Waals surface area contributed by atoms with E-state index in [0.29, 0.717) is 38.4 Å². The fourth-order valence-electron chi connectivity index (χ4n) is 2.60. The van der Waals surface area contributed by atoms with Crippen molar-refractivity contribution in [2.24, 2.45) is 7.05 Å². The van der Waals surface area contributed by atoms with Crippen LogP contribution in [0.3, 0.4) is 0 Å². The summed E-state index contributed by atoms with van der Waals surface area (Å²) in [5.74, 6) is 1.23. The summed E-state index contributed by atoms with van der Waals surface area (Å²) in [6.45, 7) is 0. The molecule has 0 aliphatic rings. The van der Waals surface area contributed by atoms with Gasteiger partial charge in [-0.2, -0.15) is 0 Å². The molecule has 124 valence electrons. The molecule has 3 heterocycles. The van der Waals surface area contributed by atoms with Gasteiger partial charge >= 0.3 is 0 Å². The molecule has 0 saturated heterocycles. The van der Waals surface area contributed by atoms with E-state index < -0.39 is 0 Å². The van der Waals surface area contributed by atoms with Crippen molar-refractivity contribution in [2.45, 2.75) is 0 Å². The highest BCUT2D eigenvalue weighted by Crippen LogP contribution is 2.36. The third-order valence-electron chi connectivity index (χ3n) is 3.79. The van der Waals surface area contributed by atoms with Gasteiger partial charge in [-0.3, -0.25) is 4.98 Å². The molecule has 0 fully saturated rings. The molecule has 0 atom stereocenters. The molecule has 0 aliphatic carbocycles. The topological polar surface area (TPSA) is 68.5 Å². The van der Waals surface area contributed by atoms with Gasteiger partial charge in [-0.15, -0.1) is 0 Å². The lowest BCUT2D eigenvalue weighted by Gasteiger charge is -2.06. The summed E-state index contributed by atoms with van der Waals surface area (Å²) in [4.78, 5) is 17.3. The quantitative estimate of drug-likeness (QED) is 0.575. The summed E-state index contributed by atoms with van der Waals surface area (Å²) in [5, 5.41) is 4.30. The summed E-state index contributed by atoms with van der Waals surface area (Å²) < 4.78 is 1.85. The predicted octanol–water partition coefficient (Wildman–Crippen LogP) is 4.48. The van der Waals surface area contributed by atoms with Gasteiger partial charge in [0.25, 0.3) is 0 Å². The molecule has 8 heteroatoms. The summed E-state index contributed by atoms with van der Waals surface area (Å²) >= 11 is 12.7. The van der Waals surface area contributed by atoms with E-state index in [4.69, 9.17) is 28.2 Å². The highest BCUT2D eigenvalue weighted by molar-refractivity contribution is 6.39. The number of pyridine rings is 1. The lowest BCUT2D eigenvalue weighted by molar-refractivity contribution is 0.939. The maximum Gasteiger partial charge on any atom is 0.165 e. The van der Waals surface area contributed by atoms with E-state index in [9.17, 15) is 0 Å². The van der Waals surface area contributed by atoms with E-state index in [1.807, 2.05) is 23.7 Å². The molecule has 4 rings (SSSR count). The minimum absolute atomic E-state index is 0.530. The molecule has 3 aromatic heterocycles. The Balaban J connectivity index is 1.89. The van der Waals surface area contributed by atoms with Crippen LogP contribution < -0.4 is 5.32 Å². The lowest BCUT2D eigenvalue weighted by Crippen LogP contribution is -1.97. The third kappa shape index (κ3) is 2.79. The minimum Gasteiger partial charge on any atom is -0.338 e. The fraction of sp³-hybridized carbons (Fsp3) is 0.0588. The first-order chi connectivity index (χ1) is 12.1. The van der Waals surface area contributed by atoms with E-state index in [2.05, 4.69) is 20.3 Å². The van der Waals surface area contributed by atoms with Crippen molar-refractivity contribution in [3.05, 3.63) is 59.1 Å². The lowest BCUT2D eigenvalue weighted by atomic mass is 10.2. The number of nitrogens with one attached hydrogen (secondary N) is 1. The average molecular weight is 371 g/mol. The van der Waals surface area contributed by atoms with Crippen molar-refractivity contribution in [3.8, 4) is 11.4 Å². The molecular weight excluding hydrogens is 359 g/mol. The maximum absolute atomic E-state index is 6.34. The summed E-state index contributed by atoms with van der Waals surface area (Å²) in [6, 6.07) is 9.06. The Labute approximate surface area is 153 Å². The van der Waals surface area contributed by atoms with Gasteiger partial charge in [-0.1, -0.05) is 29.3 Å². The van der Waals surface area contributed by atoms with Crippen LogP contribution in [0.5, 0.6) is 0 Å². The molecule has 1 N–H and O–H groups in total. The SMILES string of the molecule is Cn1c(-c2c(Cl)cccc2Cl)nc2c(Nc3ccncc3)ncnc21. The zero-order chi connectivity index (χ0) is 17.4. The minimum atomic E-state index is 0.530. The van der Waals surface area contributed by atoms with Crippen LogP contribution in [0.2, 0.25) is 10.0 Å². The highest BCUT2D eigenvalue weighted by Gasteiger charge is 2.19. The molecular formula is C17H12Cl2N6. The smallest absolute Gasteiger partial charge is 0.165 e. The van der Waals surface area contributed by atoms with Gasteiger partial charge in [0.05, 0.1) is 15.6 Å². The number of nitrogens with zero attached hydrogens (tertiary/aromatic N) is 5. The normalized spacial score (nSPS) is 11.0. The van der Waals surface area contributed by atoms with E-state index >= 15 is 0 Å². The molecule has 0 aliphatic heterocycles. The second kappa shape index (κ2) is 6.31. The van der Waals surface area contributed by atoms with E-state index in [1.165, 1.54) is 6.33 Å². The third-order valence-corrected chi connectivity index (χ3v) is 4.42. The number of hydrogen-bond acceptors (Lipinski definition) is 5. The first-order valence-electron chi connectivity index (χ1n) is 7.44. The van der Waals surface area contributed by atoms with Crippen molar-refractivity contribution in [1.82, 2.24) is 24.5 Å². The van der Waals surface area contributed by atoms with Gasteiger partial charge < -0.3 is 9.88 Å². The van der Waals surface area contributed by atoms with Crippen LogP contribution in [0.1, 0.15) is 0 Å². The molecule has 6 nitrogen and oxygen atoms in total. The molecule has 0 saturated carbocycles. The number of aromatic nitrogens is 5. The number of fused-ring (bicyclic) bond motifs is 1. The molecule has 25 heavy (non-hydrogen) atoms. The molecule has 1 aromatic carbocycles. The molecule has 0 unspecified atom stereocenters. The van der Waals surface area contributed by atoms with Crippen LogP contribution in [0.25, 0.3) is 22.6 Å². The van der Waals surface area contributed by atoms with Crippen LogP contribution in [0.15, 0.2) is 49.1 Å². The van der Waals surface area contributed by atoms with Gasteiger partial charge in [0, 0.05) is 25.1 Å². The van der Waals surface area contributed by atoms with Gasteiger partial charge in [0.2, 0.25) is 0 Å². The number of halogens is 2. The van der Waals surface area contributed by atoms with Crippen LogP contribution >= 0.6 is 23.2 Å². The first-order valence-corrected chi connectivity index (χ1v) is 8.19. The number of hydrogen-bond donors (Lipinski definition) is 1. The number of imidazole rings is 1. The summed E-state index contributed by atoms with van der Waals surface area (Å²) in [6.07, 6.45) is 4.90. The van der Waals surface area contributed by atoms with Crippen LogP contribution in [-0.2, 0) is 7.05 Å². The predicted molar refractivity (Wildman–Crippen MR) is 99.3 cm³/mol. The second-order valence-electron chi connectivity index (χ2n) is 5.35. The summed E-state index contributed by atoms with van der Waals surface area (Å²) in [7, 11) is 1.87. The van der Waals surface area contributed by atoms with Crippen molar-refractivity contribution in [2.75, 3.05) is 5.32 Å². The molecule has 0 bridgehead atoms. The Morgan fingerprint density at radius 2 is 1.72 bits per heavy atom. The van der Waals surface area contributed by atoms with Gasteiger partial charge in [0.1, 0.15) is 12.2 Å². The standard InChI is InChI=1S/C17H12Cl2N6/c1-25-16(13-11(18)3-2-4-12(13)19)24-14-15(21-9-22-17(14)25)23-10-5-7-20-8-6-10/h2-9H,1H3,(H,20,21,22,23). The average Bonchev–Trinajstić information content (AvgIpc) is 2.94. The Bertz CT molecular complexity index is 1040. The zero-order valence-electron chi connectivity index (χ0n) is 13.1. The van der Waals surface area contributed by atoms with Gasteiger partial charge in [-0.05, 0) is 24.3 Å². The highest BCUT2D eigenvalue weighted by atomic mass is 35.5. The van der Waals surface area contributed by atoms with E-state index in [0.717, 1.165) is 5.69 Å². The Kier molecular flexibility index (Phi) is 3.99. The summed E-state index contributed by atoms with van der Waals surface area (Å²) in [5.41, 5.74) is 2.84. The van der Waals surface area contributed by atoms with Crippen LogP contribution in [0.4, 0.5) is 11.5 Å². The van der Waals surface area contributed by atoms with E-state index in [1.54, 1.807) is 30.6 Å². The Morgan fingerprint density at radius 3 is 2.44 bits per heavy atom. The van der Waals surface area contributed by atoms with E-state index in [-0.39, 0.29) is 0 Å². The first kappa shape index (κ1) is 15.8. The monoisotopic (exact) mass is 370 g/mol. The van der Waals surface area contributed by atoms with Crippen molar-refractivity contribution in [3.63, 3.8) is 0 Å². The maximum atomic E-state index is 6.34. The molecule has 0 radical (unpaired) electrons. The number of aryl methyl sites for hydroxylation is 1. The van der Waals surface area contributed by atoms with Crippen molar-refractivity contribution in [1.29, 1.82) is 0 Å². The molecule has 0 spiro atoms. The van der Waals surface area contributed by atoms with Gasteiger partial charge in [-0.25, -0.2) is 15.0 Å². The van der Waals surface area contributed by atoms with Crippen molar-refractivity contribution < 1.29 is 0 Å². The number of rotatable bonds is 3. The Morgan fingerprint density at radius 1 is 1.00 bits per heavy atom. The molecule has 0 amide bonds. The largest absolute Gasteiger partial charge is 0.338 e. The van der Waals surface area contributed by atoms with Crippen LogP contribution in [-0.4, -0.2) is 24.5 Å². The molecule has 4 aromatic rings. The van der Waals surface area contributed by atoms with Gasteiger partial charge in [0.15, 0.2) is 17.0 Å².